The molecule has 1 aliphatic rings. The lowest BCUT2D eigenvalue weighted by atomic mass is 9.86. The van der Waals surface area contributed by atoms with Gasteiger partial charge in [0.15, 0.2) is 0 Å². The van der Waals surface area contributed by atoms with Crippen molar-refractivity contribution in [2.45, 2.75) is 44.9 Å². The van der Waals surface area contributed by atoms with Crippen LogP contribution in [0, 0.1) is 5.92 Å². The summed E-state index contributed by atoms with van der Waals surface area (Å²) in [6, 6.07) is 0. The predicted molar refractivity (Wildman–Crippen MR) is 82.7 cm³/mol. The molecule has 0 N–H and O–H groups in total. The molecule has 0 heterocycles. The Kier molecular flexibility index (Phi) is 8.83. The molecule has 0 aromatic heterocycles. The van der Waals surface area contributed by atoms with Crippen LogP contribution in [0.15, 0.2) is 11.8 Å². The second kappa shape index (κ2) is 10.1. The summed E-state index contributed by atoms with van der Waals surface area (Å²) in [7, 11) is 1.92. The second-order valence-electron chi connectivity index (χ2n) is 5.34. The van der Waals surface area contributed by atoms with E-state index in [9.17, 15) is 4.79 Å². The maximum Gasteiger partial charge on any atom is 0.528 e. The average Bonchev–Trinajstić information content (AvgIpc) is 2.55. The Morgan fingerprint density at radius 2 is 1.71 bits per heavy atom. The normalized spacial score (nSPS) is 17.3. The first-order chi connectivity index (χ1) is 10.2. The molecule has 6 heteroatoms. The minimum absolute atomic E-state index is 0.134. The molecule has 122 valence electrons. The molecule has 0 bridgehead atoms. The van der Waals surface area contributed by atoms with E-state index in [1.807, 2.05) is 0 Å². The van der Waals surface area contributed by atoms with Crippen LogP contribution in [-0.2, 0) is 22.8 Å². The van der Waals surface area contributed by atoms with E-state index >= 15 is 0 Å². The van der Waals surface area contributed by atoms with Crippen molar-refractivity contribution in [1.29, 1.82) is 0 Å². The molecule has 0 aromatic rings. The van der Waals surface area contributed by atoms with Gasteiger partial charge in [-0.1, -0.05) is 32.1 Å². The van der Waals surface area contributed by atoms with Crippen molar-refractivity contribution in [1.82, 2.24) is 0 Å². The van der Waals surface area contributed by atoms with Gasteiger partial charge in [-0.25, -0.2) is 0 Å². The zero-order valence-corrected chi connectivity index (χ0v) is 14.4. The first-order valence-corrected chi connectivity index (χ1v) is 9.44. The van der Waals surface area contributed by atoms with E-state index in [4.69, 9.17) is 18.0 Å². The fraction of sp³-hybridized carbons (Fsp3) is 0.800. The van der Waals surface area contributed by atoms with Gasteiger partial charge in [-0.05, 0) is 24.1 Å². The van der Waals surface area contributed by atoms with Gasteiger partial charge < -0.3 is 18.0 Å². The molecule has 1 saturated carbocycles. The van der Waals surface area contributed by atoms with Crippen LogP contribution in [-0.4, -0.2) is 42.7 Å². The Balaban J connectivity index is 2.20. The van der Waals surface area contributed by atoms with Gasteiger partial charge in [-0.15, -0.1) is 0 Å². The van der Waals surface area contributed by atoms with E-state index in [2.05, 4.69) is 0 Å². The highest BCUT2D eigenvalue weighted by Crippen LogP contribution is 2.27. The first-order valence-electron chi connectivity index (χ1n) is 7.64. The van der Waals surface area contributed by atoms with Crippen molar-refractivity contribution in [3.05, 3.63) is 11.8 Å². The number of hydrogen-bond acceptors (Lipinski definition) is 5. The Hall–Kier alpha value is -0.693. The van der Waals surface area contributed by atoms with Gasteiger partial charge >= 0.3 is 14.8 Å². The molecule has 0 aromatic carbocycles. The zero-order valence-electron chi connectivity index (χ0n) is 13.4. The molecule has 0 unspecified atom stereocenters. The van der Waals surface area contributed by atoms with Gasteiger partial charge in [0.1, 0.15) is 6.61 Å². The third-order valence-corrected chi connectivity index (χ3v) is 6.35. The van der Waals surface area contributed by atoms with Gasteiger partial charge in [0.2, 0.25) is 0 Å². The Bertz CT molecular complexity index is 314. The number of esters is 1. The van der Waals surface area contributed by atoms with Crippen molar-refractivity contribution in [2.24, 2.45) is 5.92 Å². The lowest BCUT2D eigenvalue weighted by Crippen LogP contribution is -2.41. The van der Waals surface area contributed by atoms with Gasteiger partial charge in [0.25, 0.3) is 0 Å². The summed E-state index contributed by atoms with van der Waals surface area (Å²) in [5, 5.41) is 0. The summed E-state index contributed by atoms with van der Waals surface area (Å²) in [6.45, 7) is 0.230. The van der Waals surface area contributed by atoms with E-state index in [0.717, 1.165) is 6.42 Å². The number of carbonyl (C=O) groups is 1. The van der Waals surface area contributed by atoms with Crippen LogP contribution in [0.3, 0.4) is 0 Å². The van der Waals surface area contributed by atoms with E-state index in [1.54, 1.807) is 33.1 Å². The molecular formula is C15H28O5Si. The lowest BCUT2D eigenvalue weighted by molar-refractivity contribution is -0.142. The Labute approximate surface area is 129 Å². The van der Waals surface area contributed by atoms with Crippen LogP contribution in [0.1, 0.15) is 44.9 Å². The lowest BCUT2D eigenvalue weighted by Gasteiger charge is -2.21. The minimum atomic E-state index is -2.71. The molecule has 0 amide bonds. The van der Waals surface area contributed by atoms with Crippen LogP contribution in [0.25, 0.3) is 0 Å². The molecule has 1 rings (SSSR count). The van der Waals surface area contributed by atoms with E-state index in [-0.39, 0.29) is 12.6 Å². The number of rotatable bonds is 9. The van der Waals surface area contributed by atoms with Crippen molar-refractivity contribution in [3.63, 3.8) is 0 Å². The van der Waals surface area contributed by atoms with Gasteiger partial charge in [-0.2, -0.15) is 0 Å². The summed E-state index contributed by atoms with van der Waals surface area (Å²) in [5.41, 5.74) is 1.72. The van der Waals surface area contributed by atoms with Crippen molar-refractivity contribution in [3.8, 4) is 0 Å². The topological polar surface area (TPSA) is 54.0 Å². The molecule has 21 heavy (non-hydrogen) atoms. The highest BCUT2D eigenvalue weighted by molar-refractivity contribution is 6.66. The molecule has 1 fully saturated rings. The minimum Gasteiger partial charge on any atom is -0.461 e. The second-order valence-corrected chi connectivity index (χ2v) is 8.11. The Morgan fingerprint density at radius 1 is 1.10 bits per heavy atom. The number of hydrogen-bond donors (Lipinski definition) is 0. The zero-order chi connectivity index (χ0) is 15.6. The standard InChI is InChI=1S/C15H28O5Si/c1-17-21(18-2,19-3)13-7-12-20-15(16)11-10-14-8-5-4-6-9-14/h7,13-14H,4-6,8-12H2,1-3H3/b13-7+. The largest absolute Gasteiger partial charge is 0.528 e. The Morgan fingerprint density at radius 3 is 2.29 bits per heavy atom. The van der Waals surface area contributed by atoms with Crippen LogP contribution in [0.5, 0.6) is 0 Å². The third-order valence-electron chi connectivity index (χ3n) is 4.00. The summed E-state index contributed by atoms with van der Waals surface area (Å²) in [4.78, 5) is 11.7. The fourth-order valence-corrected chi connectivity index (χ4v) is 3.95. The monoisotopic (exact) mass is 316 g/mol. The SMILES string of the molecule is CO[Si](/C=C/COC(=O)CCC1CCCCC1)(OC)OC. The molecule has 1 aliphatic carbocycles. The van der Waals surface area contributed by atoms with Crippen LogP contribution in [0.4, 0.5) is 0 Å². The molecule has 0 saturated heterocycles. The summed E-state index contributed by atoms with van der Waals surface area (Å²) < 4.78 is 20.9. The first kappa shape index (κ1) is 18.4. The molecule has 0 atom stereocenters. The summed E-state index contributed by atoms with van der Waals surface area (Å²) in [5.74, 6) is 0.571. The van der Waals surface area contributed by atoms with Crippen LogP contribution >= 0.6 is 0 Å². The molecule has 5 nitrogen and oxygen atoms in total. The smallest absolute Gasteiger partial charge is 0.461 e. The molecule has 0 aliphatic heterocycles. The van der Waals surface area contributed by atoms with Crippen molar-refractivity contribution in [2.75, 3.05) is 27.9 Å². The third kappa shape index (κ3) is 6.73. The molecule has 0 spiro atoms. The highest BCUT2D eigenvalue weighted by atomic mass is 28.4. The maximum absolute atomic E-state index is 11.7. The van der Waals surface area contributed by atoms with E-state index in [1.165, 1.54) is 32.1 Å². The van der Waals surface area contributed by atoms with Crippen LogP contribution in [0.2, 0.25) is 0 Å². The van der Waals surface area contributed by atoms with E-state index < -0.39 is 8.80 Å². The summed E-state index contributed by atoms with van der Waals surface area (Å²) >= 11 is 0. The number of ether oxygens (including phenoxy) is 1. The quantitative estimate of drug-likeness (QED) is 0.483. The van der Waals surface area contributed by atoms with Crippen molar-refractivity contribution >= 4 is 14.8 Å². The van der Waals surface area contributed by atoms with Gasteiger partial charge in [0.05, 0.1) is 0 Å². The molecule has 0 radical (unpaired) electrons. The average molecular weight is 316 g/mol. The van der Waals surface area contributed by atoms with Gasteiger partial charge in [0, 0.05) is 27.8 Å². The van der Waals surface area contributed by atoms with Crippen LogP contribution < -0.4 is 0 Å². The van der Waals surface area contributed by atoms with E-state index in [0.29, 0.717) is 12.3 Å². The van der Waals surface area contributed by atoms with Crippen molar-refractivity contribution < 1.29 is 22.8 Å². The van der Waals surface area contributed by atoms with Gasteiger partial charge in [-0.3, -0.25) is 4.79 Å². The summed E-state index contributed by atoms with van der Waals surface area (Å²) in [6.07, 6.45) is 9.67. The number of carbonyl (C=O) groups excluding carboxylic acids is 1. The fourth-order valence-electron chi connectivity index (χ4n) is 2.66. The maximum atomic E-state index is 11.7. The predicted octanol–water partition coefficient (Wildman–Crippen LogP) is 2.86. The molecular weight excluding hydrogens is 288 g/mol. The highest BCUT2D eigenvalue weighted by Gasteiger charge is 2.34.